The van der Waals surface area contributed by atoms with Crippen molar-refractivity contribution in [3.8, 4) is 0 Å². The first-order chi connectivity index (χ1) is 13.4. The SMILES string of the molecule is CC(=O)N(C)c1c(I)c(C(=O)ON2C(=O)CCC2=O)c(I)c(N(C)C(C)=O)c1I. The second kappa shape index (κ2) is 9.40. The Kier molecular flexibility index (Phi) is 7.86. The topological polar surface area (TPSA) is 104 Å². The van der Waals surface area contributed by atoms with Crippen molar-refractivity contribution in [2.24, 2.45) is 0 Å². The van der Waals surface area contributed by atoms with E-state index in [1.165, 1.54) is 23.6 Å². The number of amides is 4. The van der Waals surface area contributed by atoms with Gasteiger partial charge in [0.15, 0.2) is 0 Å². The summed E-state index contributed by atoms with van der Waals surface area (Å²) in [5.41, 5.74) is 0.909. The van der Waals surface area contributed by atoms with Gasteiger partial charge in [-0.1, -0.05) is 0 Å². The van der Waals surface area contributed by atoms with Gasteiger partial charge in [-0.2, -0.15) is 0 Å². The number of halogens is 3. The van der Waals surface area contributed by atoms with Gasteiger partial charge in [0.2, 0.25) is 11.8 Å². The highest BCUT2D eigenvalue weighted by Crippen LogP contribution is 2.42. The largest absolute Gasteiger partial charge is 0.366 e. The maximum absolute atomic E-state index is 12.9. The lowest BCUT2D eigenvalue weighted by Gasteiger charge is -2.27. The Hall–Kier alpha value is -1.04. The van der Waals surface area contributed by atoms with Crippen LogP contribution < -0.4 is 9.80 Å². The number of hydrogen-bond donors (Lipinski definition) is 0. The molecule has 0 aromatic heterocycles. The van der Waals surface area contributed by atoms with E-state index in [2.05, 4.69) is 0 Å². The van der Waals surface area contributed by atoms with Gasteiger partial charge in [-0.3, -0.25) is 19.2 Å². The molecule has 1 aromatic carbocycles. The van der Waals surface area contributed by atoms with E-state index in [0.717, 1.165) is 0 Å². The zero-order chi connectivity index (χ0) is 22.2. The molecule has 156 valence electrons. The van der Waals surface area contributed by atoms with Crippen LogP contribution in [0.1, 0.15) is 37.0 Å². The molecule has 0 atom stereocenters. The van der Waals surface area contributed by atoms with Crippen molar-refractivity contribution in [1.82, 2.24) is 5.06 Å². The molecule has 0 N–H and O–H groups in total. The van der Waals surface area contributed by atoms with Gasteiger partial charge in [0.25, 0.3) is 11.8 Å². The monoisotopic (exact) mass is 739 g/mol. The fourth-order valence-electron chi connectivity index (χ4n) is 2.51. The molecule has 4 amide bonds. The zero-order valence-corrected chi connectivity index (χ0v) is 22.3. The maximum Gasteiger partial charge on any atom is 0.366 e. The van der Waals surface area contributed by atoms with Gasteiger partial charge in [-0.25, -0.2) is 4.79 Å². The maximum atomic E-state index is 12.9. The van der Waals surface area contributed by atoms with Crippen LogP contribution in [0.4, 0.5) is 11.4 Å². The van der Waals surface area contributed by atoms with E-state index in [1.807, 2.05) is 67.8 Å². The molecule has 1 aromatic rings. The van der Waals surface area contributed by atoms with Crippen molar-refractivity contribution in [2.45, 2.75) is 26.7 Å². The minimum Gasteiger partial charge on any atom is -0.325 e. The molecule has 1 aliphatic rings. The summed E-state index contributed by atoms with van der Waals surface area (Å²) >= 11 is 5.85. The molecule has 1 heterocycles. The van der Waals surface area contributed by atoms with Gasteiger partial charge in [0.05, 0.1) is 27.6 Å². The Bertz CT molecular complexity index is 886. The van der Waals surface area contributed by atoms with Crippen LogP contribution in [0.2, 0.25) is 0 Å². The zero-order valence-electron chi connectivity index (χ0n) is 15.8. The summed E-state index contributed by atoms with van der Waals surface area (Å²) in [7, 11) is 3.10. The van der Waals surface area contributed by atoms with E-state index in [0.29, 0.717) is 27.1 Å². The Balaban J connectivity index is 2.71. The lowest BCUT2D eigenvalue weighted by atomic mass is 10.1. The minimum atomic E-state index is -0.921. The predicted molar refractivity (Wildman–Crippen MR) is 129 cm³/mol. The van der Waals surface area contributed by atoms with Gasteiger partial charge in [-0.05, 0) is 67.8 Å². The van der Waals surface area contributed by atoms with Crippen LogP contribution in [0.25, 0.3) is 0 Å². The standard InChI is InChI=1S/C17H16I3N3O6/c1-7(24)21(3)15-12(18)11(13(19)16(14(15)20)22(4)8(2)25)17(28)29-23-9(26)5-6-10(23)27/h5-6H2,1-4H3. The first kappa shape index (κ1) is 24.2. The van der Waals surface area contributed by atoms with E-state index in [-0.39, 0.29) is 30.2 Å². The van der Waals surface area contributed by atoms with E-state index in [4.69, 9.17) is 4.84 Å². The smallest absolute Gasteiger partial charge is 0.325 e. The van der Waals surface area contributed by atoms with E-state index < -0.39 is 17.8 Å². The average molecular weight is 739 g/mol. The second-order valence-electron chi connectivity index (χ2n) is 6.13. The first-order valence-electron chi connectivity index (χ1n) is 8.17. The van der Waals surface area contributed by atoms with Crippen LogP contribution in [0.3, 0.4) is 0 Å². The molecule has 1 saturated heterocycles. The molecule has 2 rings (SSSR count). The molecule has 1 fully saturated rings. The van der Waals surface area contributed by atoms with E-state index in [1.54, 1.807) is 14.1 Å². The molecule has 12 heteroatoms. The molecular formula is C17H16I3N3O6. The normalized spacial score (nSPS) is 13.6. The predicted octanol–water partition coefficient (Wildman–Crippen LogP) is 2.69. The van der Waals surface area contributed by atoms with Gasteiger partial charge < -0.3 is 14.6 Å². The van der Waals surface area contributed by atoms with Crippen LogP contribution in [0, 0.1) is 10.7 Å². The van der Waals surface area contributed by atoms with Gasteiger partial charge in [0.1, 0.15) is 0 Å². The number of carbonyl (C=O) groups is 5. The summed E-state index contributed by atoms with van der Waals surface area (Å²) in [5, 5.41) is 0.467. The van der Waals surface area contributed by atoms with Crippen molar-refractivity contribution >= 4 is 109 Å². The number of anilines is 2. The molecule has 0 aliphatic carbocycles. The van der Waals surface area contributed by atoms with Crippen molar-refractivity contribution in [3.63, 3.8) is 0 Å². The second-order valence-corrected chi connectivity index (χ2v) is 9.37. The van der Waals surface area contributed by atoms with Crippen LogP contribution in [0.15, 0.2) is 0 Å². The molecule has 0 spiro atoms. The molecular weight excluding hydrogens is 723 g/mol. The van der Waals surface area contributed by atoms with Crippen LogP contribution in [-0.4, -0.2) is 48.8 Å². The fraction of sp³-hybridized carbons (Fsp3) is 0.353. The summed E-state index contributed by atoms with van der Waals surface area (Å²) in [6, 6.07) is 0. The third-order valence-corrected chi connectivity index (χ3v) is 7.39. The number of carbonyl (C=O) groups excluding carboxylic acids is 5. The number of benzene rings is 1. The summed E-state index contributed by atoms with van der Waals surface area (Å²) < 4.78 is 1.40. The molecule has 0 bridgehead atoms. The van der Waals surface area contributed by atoms with Crippen molar-refractivity contribution < 1.29 is 28.8 Å². The number of hydrogen-bond acceptors (Lipinski definition) is 6. The number of rotatable bonds is 4. The molecule has 1 aliphatic heterocycles. The average Bonchev–Trinajstić information content (AvgIpc) is 2.93. The third kappa shape index (κ3) is 4.67. The Morgan fingerprint density at radius 3 is 1.55 bits per heavy atom. The Morgan fingerprint density at radius 2 is 1.21 bits per heavy atom. The third-order valence-electron chi connectivity index (χ3n) is 4.27. The van der Waals surface area contributed by atoms with Crippen molar-refractivity contribution in [1.29, 1.82) is 0 Å². The highest BCUT2D eigenvalue weighted by molar-refractivity contribution is 14.1. The Labute approximate surface area is 207 Å². The minimum absolute atomic E-state index is 0.0242. The molecule has 9 nitrogen and oxygen atoms in total. The lowest BCUT2D eigenvalue weighted by Crippen LogP contribution is -2.34. The summed E-state index contributed by atoms with van der Waals surface area (Å²) in [6.45, 7) is 2.75. The number of hydroxylamine groups is 2. The number of nitrogens with zero attached hydrogens (tertiary/aromatic N) is 3. The van der Waals surface area contributed by atoms with Crippen LogP contribution >= 0.6 is 67.8 Å². The van der Waals surface area contributed by atoms with E-state index >= 15 is 0 Å². The van der Waals surface area contributed by atoms with Crippen molar-refractivity contribution in [3.05, 3.63) is 16.3 Å². The van der Waals surface area contributed by atoms with Crippen LogP contribution in [0.5, 0.6) is 0 Å². The lowest BCUT2D eigenvalue weighted by molar-refractivity contribution is -0.172. The number of imide groups is 1. The first-order valence-corrected chi connectivity index (χ1v) is 11.4. The summed E-state index contributed by atoms with van der Waals surface area (Å²) in [6.07, 6.45) is -0.0483. The van der Waals surface area contributed by atoms with Gasteiger partial charge >= 0.3 is 5.97 Å². The quantitative estimate of drug-likeness (QED) is 0.348. The highest BCUT2D eigenvalue weighted by Gasteiger charge is 2.36. The summed E-state index contributed by atoms with van der Waals surface area (Å²) in [4.78, 5) is 68.4. The molecule has 0 radical (unpaired) electrons. The van der Waals surface area contributed by atoms with Gasteiger partial charge in [-0.15, -0.1) is 5.06 Å². The van der Waals surface area contributed by atoms with Crippen molar-refractivity contribution in [2.75, 3.05) is 23.9 Å². The van der Waals surface area contributed by atoms with Crippen LogP contribution in [-0.2, 0) is 24.0 Å². The molecule has 29 heavy (non-hydrogen) atoms. The Morgan fingerprint density at radius 1 is 0.828 bits per heavy atom. The van der Waals surface area contributed by atoms with E-state index in [9.17, 15) is 24.0 Å². The summed E-state index contributed by atoms with van der Waals surface area (Å²) in [5.74, 6) is -2.66. The fourth-order valence-corrected chi connectivity index (χ4v) is 7.56. The molecule has 0 unspecified atom stereocenters. The van der Waals surface area contributed by atoms with Gasteiger partial charge in [0, 0.05) is 40.8 Å². The molecule has 0 saturated carbocycles. The highest BCUT2D eigenvalue weighted by atomic mass is 127.